The largest absolute Gasteiger partial charge is 0.394 e. The van der Waals surface area contributed by atoms with Gasteiger partial charge >= 0.3 is 0 Å². The molecule has 0 aromatic carbocycles. The Morgan fingerprint density at radius 3 is 2.75 bits per heavy atom. The van der Waals surface area contributed by atoms with Crippen LogP contribution in [0, 0.1) is 0 Å². The second-order valence-corrected chi connectivity index (χ2v) is 3.79. The molecular weight excluding hydrogens is 156 g/mol. The Morgan fingerprint density at radius 2 is 2.33 bits per heavy atom. The number of aliphatic hydroxyl groups excluding tert-OH is 1. The molecule has 0 bridgehead atoms. The van der Waals surface area contributed by atoms with Crippen LogP contribution >= 0.6 is 0 Å². The zero-order valence-electron chi connectivity index (χ0n) is 7.79. The topological polar surface area (TPSA) is 52.6 Å². The summed E-state index contributed by atoms with van der Waals surface area (Å²) >= 11 is 0. The highest BCUT2D eigenvalue weighted by Gasteiger charge is 2.38. The molecule has 1 unspecified atom stereocenters. The van der Waals surface area contributed by atoms with E-state index in [1.807, 2.05) is 25.8 Å². The van der Waals surface area contributed by atoms with Gasteiger partial charge in [0.15, 0.2) is 0 Å². The molecule has 1 fully saturated rings. The van der Waals surface area contributed by atoms with Gasteiger partial charge in [-0.2, -0.15) is 0 Å². The molecule has 70 valence electrons. The van der Waals surface area contributed by atoms with Crippen molar-refractivity contribution >= 4 is 5.91 Å². The lowest BCUT2D eigenvalue weighted by atomic mass is 9.97. The number of likely N-dealkylation sites (N-methyl/N-ethyl adjacent to an activating group) is 1. The van der Waals surface area contributed by atoms with Crippen molar-refractivity contribution in [2.24, 2.45) is 0 Å². The number of carbonyl (C=O) groups excluding carboxylic acids is 1. The van der Waals surface area contributed by atoms with Gasteiger partial charge in [0, 0.05) is 6.54 Å². The highest BCUT2D eigenvalue weighted by Crippen LogP contribution is 2.16. The Morgan fingerprint density at radius 1 is 1.75 bits per heavy atom. The van der Waals surface area contributed by atoms with Crippen molar-refractivity contribution in [2.45, 2.75) is 25.4 Å². The molecule has 0 radical (unpaired) electrons. The molecule has 0 aromatic heterocycles. The average Bonchev–Trinajstić information content (AvgIpc) is 2.00. The summed E-state index contributed by atoms with van der Waals surface area (Å²) in [5, 5.41) is 11.6. The summed E-state index contributed by atoms with van der Waals surface area (Å²) in [6.45, 7) is 4.45. The van der Waals surface area contributed by atoms with E-state index in [9.17, 15) is 4.79 Å². The fourth-order valence-corrected chi connectivity index (χ4v) is 1.24. The molecule has 4 nitrogen and oxygen atoms in total. The molecule has 0 saturated carbocycles. The lowest BCUT2D eigenvalue weighted by Crippen LogP contribution is -2.64. The number of rotatable bonds is 1. The minimum absolute atomic E-state index is 0.00611. The molecule has 2 N–H and O–H groups in total. The molecule has 4 heteroatoms. The predicted octanol–water partition coefficient (Wildman–Crippen LogP) is -0.813. The molecule has 12 heavy (non-hydrogen) atoms. The summed E-state index contributed by atoms with van der Waals surface area (Å²) < 4.78 is 0. The van der Waals surface area contributed by atoms with E-state index in [2.05, 4.69) is 5.32 Å². The van der Waals surface area contributed by atoms with Gasteiger partial charge in [-0.1, -0.05) is 0 Å². The van der Waals surface area contributed by atoms with Gasteiger partial charge in [-0.25, -0.2) is 0 Å². The minimum Gasteiger partial charge on any atom is -0.394 e. The van der Waals surface area contributed by atoms with E-state index in [4.69, 9.17) is 5.11 Å². The first-order chi connectivity index (χ1) is 5.48. The lowest BCUT2D eigenvalue weighted by Gasteiger charge is -2.41. The van der Waals surface area contributed by atoms with Crippen LogP contribution in [0.2, 0.25) is 0 Å². The quantitative estimate of drug-likeness (QED) is 0.544. The fourth-order valence-electron chi connectivity index (χ4n) is 1.24. The first-order valence-corrected chi connectivity index (χ1v) is 4.11. The van der Waals surface area contributed by atoms with Crippen LogP contribution in [0.1, 0.15) is 13.8 Å². The number of hydrogen-bond acceptors (Lipinski definition) is 3. The first-order valence-electron chi connectivity index (χ1n) is 4.11. The summed E-state index contributed by atoms with van der Waals surface area (Å²) in [5.74, 6) is -0.0182. The lowest BCUT2D eigenvalue weighted by molar-refractivity contribution is -0.136. The molecule has 0 aliphatic carbocycles. The van der Waals surface area contributed by atoms with Crippen molar-refractivity contribution < 1.29 is 9.90 Å². The Kier molecular flexibility index (Phi) is 2.39. The summed E-state index contributed by atoms with van der Waals surface area (Å²) in [6.07, 6.45) is 0. The van der Waals surface area contributed by atoms with Crippen molar-refractivity contribution in [3.63, 3.8) is 0 Å². The maximum absolute atomic E-state index is 11.4. The van der Waals surface area contributed by atoms with Crippen molar-refractivity contribution in [3.05, 3.63) is 0 Å². The summed E-state index contributed by atoms with van der Waals surface area (Å²) in [5.41, 5.74) is -0.453. The Labute approximate surface area is 72.6 Å². The van der Waals surface area contributed by atoms with Crippen LogP contribution in [0.25, 0.3) is 0 Å². The van der Waals surface area contributed by atoms with E-state index in [0.29, 0.717) is 6.54 Å². The van der Waals surface area contributed by atoms with Gasteiger partial charge in [0.1, 0.15) is 0 Å². The number of nitrogens with one attached hydrogen (secondary N) is 1. The van der Waals surface area contributed by atoms with E-state index in [1.54, 1.807) is 0 Å². The summed E-state index contributed by atoms with van der Waals surface area (Å²) in [4.78, 5) is 13.4. The van der Waals surface area contributed by atoms with E-state index < -0.39 is 5.54 Å². The Bertz CT molecular complexity index is 191. The van der Waals surface area contributed by atoms with Crippen molar-refractivity contribution in [2.75, 3.05) is 20.2 Å². The van der Waals surface area contributed by atoms with Crippen molar-refractivity contribution in [1.82, 2.24) is 10.2 Å². The van der Waals surface area contributed by atoms with Crippen LogP contribution in [-0.2, 0) is 4.79 Å². The molecule has 1 rings (SSSR count). The summed E-state index contributed by atoms with van der Waals surface area (Å²) in [7, 11) is 1.89. The summed E-state index contributed by atoms with van der Waals surface area (Å²) in [6, 6.07) is -0.115. The van der Waals surface area contributed by atoms with E-state index in [-0.39, 0.29) is 18.6 Å². The van der Waals surface area contributed by atoms with E-state index in [0.717, 1.165) is 0 Å². The SMILES string of the molecule is CN1CC(CO)NC(=O)C1(C)C. The zero-order valence-corrected chi connectivity index (χ0v) is 7.79. The number of piperazine rings is 1. The molecule has 1 atom stereocenters. The predicted molar refractivity (Wildman–Crippen MR) is 45.7 cm³/mol. The molecule has 1 heterocycles. The second kappa shape index (κ2) is 3.03. The van der Waals surface area contributed by atoms with Gasteiger partial charge in [0.2, 0.25) is 5.91 Å². The van der Waals surface area contributed by atoms with Gasteiger partial charge < -0.3 is 10.4 Å². The van der Waals surface area contributed by atoms with Crippen LogP contribution in [0.15, 0.2) is 0 Å². The highest BCUT2D eigenvalue weighted by molar-refractivity contribution is 5.86. The number of nitrogens with zero attached hydrogens (tertiary/aromatic N) is 1. The maximum atomic E-state index is 11.4. The third kappa shape index (κ3) is 1.44. The maximum Gasteiger partial charge on any atom is 0.240 e. The van der Waals surface area contributed by atoms with Crippen LogP contribution in [0.5, 0.6) is 0 Å². The number of aliphatic hydroxyl groups is 1. The Hall–Kier alpha value is -0.610. The van der Waals surface area contributed by atoms with Gasteiger partial charge in [0.05, 0.1) is 18.2 Å². The van der Waals surface area contributed by atoms with Gasteiger partial charge in [0.25, 0.3) is 0 Å². The number of carbonyl (C=O) groups is 1. The number of hydrogen-bond donors (Lipinski definition) is 2. The molecule has 1 aliphatic rings. The highest BCUT2D eigenvalue weighted by atomic mass is 16.3. The van der Waals surface area contributed by atoms with Crippen LogP contribution < -0.4 is 5.32 Å². The van der Waals surface area contributed by atoms with E-state index >= 15 is 0 Å². The third-order valence-corrected chi connectivity index (χ3v) is 2.56. The average molecular weight is 172 g/mol. The molecular formula is C8H16N2O2. The number of amides is 1. The monoisotopic (exact) mass is 172 g/mol. The van der Waals surface area contributed by atoms with Gasteiger partial charge in [-0.15, -0.1) is 0 Å². The van der Waals surface area contributed by atoms with Crippen LogP contribution in [0.4, 0.5) is 0 Å². The van der Waals surface area contributed by atoms with Crippen LogP contribution in [-0.4, -0.2) is 47.7 Å². The van der Waals surface area contributed by atoms with Crippen LogP contribution in [0.3, 0.4) is 0 Å². The molecule has 1 saturated heterocycles. The van der Waals surface area contributed by atoms with Gasteiger partial charge in [-0.3, -0.25) is 9.69 Å². The van der Waals surface area contributed by atoms with Crippen molar-refractivity contribution in [3.8, 4) is 0 Å². The normalized spacial score (nSPS) is 30.0. The molecule has 1 aliphatic heterocycles. The zero-order chi connectivity index (χ0) is 9.35. The van der Waals surface area contributed by atoms with Gasteiger partial charge in [-0.05, 0) is 20.9 Å². The third-order valence-electron chi connectivity index (χ3n) is 2.56. The van der Waals surface area contributed by atoms with E-state index in [1.165, 1.54) is 0 Å². The molecule has 0 spiro atoms. The standard InChI is InChI=1S/C8H16N2O2/c1-8(2)7(12)9-6(5-11)4-10(8)3/h6,11H,4-5H2,1-3H3,(H,9,12). The second-order valence-electron chi connectivity index (χ2n) is 3.79. The smallest absolute Gasteiger partial charge is 0.240 e. The molecule has 1 amide bonds. The fraction of sp³-hybridized carbons (Fsp3) is 0.875. The Balaban J connectivity index is 2.71. The first kappa shape index (κ1) is 9.48. The van der Waals surface area contributed by atoms with Crippen molar-refractivity contribution in [1.29, 1.82) is 0 Å². The minimum atomic E-state index is -0.453. The molecule has 0 aromatic rings.